The van der Waals surface area contributed by atoms with Crippen LogP contribution >= 0.6 is 0 Å². The summed E-state index contributed by atoms with van der Waals surface area (Å²) in [6.07, 6.45) is 4.42. The first kappa shape index (κ1) is 20.0. The Morgan fingerprint density at radius 2 is 1.97 bits per heavy atom. The van der Waals surface area contributed by atoms with E-state index in [0.717, 1.165) is 24.8 Å². The van der Waals surface area contributed by atoms with E-state index in [0.29, 0.717) is 11.3 Å². The number of nitrogens with two attached hydrogens (primary N) is 1. The summed E-state index contributed by atoms with van der Waals surface area (Å²) in [5.74, 6) is -0.701. The zero-order valence-corrected chi connectivity index (χ0v) is 16.2. The highest BCUT2D eigenvalue weighted by Crippen LogP contribution is 2.56. The highest BCUT2D eigenvalue weighted by molar-refractivity contribution is 5.70. The molecule has 7 nitrogen and oxygen atoms in total. The van der Waals surface area contributed by atoms with Gasteiger partial charge in [0.25, 0.3) is 0 Å². The van der Waals surface area contributed by atoms with Crippen molar-refractivity contribution in [3.05, 3.63) is 46.7 Å². The molecule has 0 aliphatic heterocycles. The molecule has 29 heavy (non-hydrogen) atoms. The number of hydrogen-bond acceptors (Lipinski definition) is 7. The topological polar surface area (TPSA) is 133 Å². The van der Waals surface area contributed by atoms with Crippen LogP contribution in [0.2, 0.25) is 0 Å². The van der Waals surface area contributed by atoms with E-state index in [9.17, 15) is 20.6 Å². The number of hydrogen-bond donors (Lipinski definition) is 1. The van der Waals surface area contributed by atoms with Crippen molar-refractivity contribution in [1.82, 2.24) is 0 Å². The maximum Gasteiger partial charge on any atom is 0.308 e. The van der Waals surface area contributed by atoms with Gasteiger partial charge in [-0.25, -0.2) is 0 Å². The molecule has 0 amide bonds. The fourth-order valence-electron chi connectivity index (χ4n) is 4.37. The van der Waals surface area contributed by atoms with Gasteiger partial charge in [0.2, 0.25) is 0 Å². The second kappa shape index (κ2) is 7.70. The van der Waals surface area contributed by atoms with Crippen LogP contribution in [0, 0.1) is 45.3 Å². The van der Waals surface area contributed by atoms with Gasteiger partial charge in [-0.3, -0.25) is 4.79 Å². The highest BCUT2D eigenvalue weighted by Gasteiger charge is 2.53. The van der Waals surface area contributed by atoms with Crippen molar-refractivity contribution in [2.45, 2.75) is 32.1 Å². The van der Waals surface area contributed by atoms with Gasteiger partial charge in [-0.05, 0) is 48.4 Å². The first-order valence-corrected chi connectivity index (χ1v) is 9.23. The second-order valence-electron chi connectivity index (χ2n) is 7.11. The normalized spacial score (nSPS) is 22.2. The number of rotatable bonds is 3. The van der Waals surface area contributed by atoms with Crippen molar-refractivity contribution < 1.29 is 14.3 Å². The summed E-state index contributed by atoms with van der Waals surface area (Å²) in [5, 5.41) is 29.7. The van der Waals surface area contributed by atoms with Crippen LogP contribution in [-0.4, -0.2) is 13.1 Å². The van der Waals surface area contributed by atoms with Gasteiger partial charge >= 0.3 is 5.97 Å². The molecule has 1 aromatic carbocycles. The van der Waals surface area contributed by atoms with Crippen LogP contribution in [0.1, 0.15) is 37.7 Å². The second-order valence-corrected chi connectivity index (χ2v) is 7.11. The summed E-state index contributed by atoms with van der Waals surface area (Å²) in [4.78, 5) is 11.3. The Hall–Kier alpha value is -3.76. The molecule has 2 aliphatic rings. The van der Waals surface area contributed by atoms with Gasteiger partial charge in [-0.15, -0.1) is 0 Å². The van der Waals surface area contributed by atoms with E-state index in [-0.39, 0.29) is 22.9 Å². The fourth-order valence-corrected chi connectivity index (χ4v) is 4.37. The number of allylic oxidation sites excluding steroid dienone is 4. The average Bonchev–Trinajstić information content (AvgIpc) is 2.73. The molecular weight excluding hydrogens is 368 g/mol. The Balaban J connectivity index is 2.26. The average molecular weight is 388 g/mol. The van der Waals surface area contributed by atoms with Crippen molar-refractivity contribution in [1.29, 1.82) is 15.8 Å². The molecule has 146 valence electrons. The summed E-state index contributed by atoms with van der Waals surface area (Å²) >= 11 is 0. The molecule has 0 heterocycles. The molecule has 2 aliphatic carbocycles. The molecule has 2 N–H and O–H groups in total. The number of carbonyl (C=O) groups excluding carboxylic acids is 1. The van der Waals surface area contributed by atoms with Crippen LogP contribution < -0.4 is 15.2 Å². The Labute approximate surface area is 169 Å². The zero-order chi connectivity index (χ0) is 21.2. The van der Waals surface area contributed by atoms with Crippen molar-refractivity contribution in [2.75, 3.05) is 7.11 Å². The number of nitriles is 3. The van der Waals surface area contributed by atoms with Crippen LogP contribution in [0.3, 0.4) is 0 Å². The van der Waals surface area contributed by atoms with Crippen LogP contribution in [-0.2, 0) is 4.79 Å². The van der Waals surface area contributed by atoms with Gasteiger partial charge in [-0.2, -0.15) is 15.8 Å². The van der Waals surface area contributed by atoms with E-state index in [2.05, 4.69) is 18.2 Å². The molecule has 0 aromatic heterocycles. The Morgan fingerprint density at radius 3 is 2.55 bits per heavy atom. The summed E-state index contributed by atoms with van der Waals surface area (Å²) < 4.78 is 10.5. The first-order chi connectivity index (χ1) is 13.9. The van der Waals surface area contributed by atoms with Crippen LogP contribution in [0.4, 0.5) is 0 Å². The number of methoxy groups -OCH3 is 1. The fraction of sp³-hybridized carbons (Fsp3) is 0.364. The van der Waals surface area contributed by atoms with Gasteiger partial charge in [0.1, 0.15) is 6.07 Å². The van der Waals surface area contributed by atoms with E-state index >= 15 is 0 Å². The Morgan fingerprint density at radius 1 is 1.24 bits per heavy atom. The van der Waals surface area contributed by atoms with Gasteiger partial charge in [0.15, 0.2) is 16.9 Å². The quantitative estimate of drug-likeness (QED) is 0.621. The predicted octanol–water partition coefficient (Wildman–Crippen LogP) is 3.21. The molecule has 0 saturated heterocycles. The van der Waals surface area contributed by atoms with E-state index in [4.69, 9.17) is 15.2 Å². The smallest absolute Gasteiger partial charge is 0.308 e. The van der Waals surface area contributed by atoms with Gasteiger partial charge in [0, 0.05) is 12.8 Å². The van der Waals surface area contributed by atoms with Gasteiger partial charge in [0.05, 0.1) is 30.5 Å². The molecule has 2 atom stereocenters. The Kier molecular flexibility index (Phi) is 5.31. The highest BCUT2D eigenvalue weighted by atomic mass is 16.6. The summed E-state index contributed by atoms with van der Waals surface area (Å²) in [6.45, 7) is 1.29. The Bertz CT molecular complexity index is 1040. The molecule has 1 aromatic rings. The van der Waals surface area contributed by atoms with Crippen molar-refractivity contribution in [3.8, 4) is 29.7 Å². The first-order valence-electron chi connectivity index (χ1n) is 9.23. The maximum atomic E-state index is 11.3. The third-order valence-electron chi connectivity index (χ3n) is 5.60. The molecule has 3 rings (SSSR count). The van der Waals surface area contributed by atoms with E-state index < -0.39 is 17.3 Å². The number of esters is 1. The molecule has 7 heteroatoms. The number of fused-ring (bicyclic) bond motifs is 1. The molecule has 0 radical (unpaired) electrons. The third kappa shape index (κ3) is 3.10. The summed E-state index contributed by atoms with van der Waals surface area (Å²) in [5.41, 5.74) is 6.26. The predicted molar refractivity (Wildman–Crippen MR) is 103 cm³/mol. The summed E-state index contributed by atoms with van der Waals surface area (Å²) in [7, 11) is 1.45. The zero-order valence-electron chi connectivity index (χ0n) is 16.2. The monoisotopic (exact) mass is 388 g/mol. The molecule has 0 fully saturated rings. The molecule has 2 unspecified atom stereocenters. The number of benzene rings is 1. The third-order valence-corrected chi connectivity index (χ3v) is 5.60. The van der Waals surface area contributed by atoms with Crippen molar-refractivity contribution >= 4 is 5.97 Å². The van der Waals surface area contributed by atoms with Gasteiger partial charge in [-0.1, -0.05) is 12.1 Å². The van der Waals surface area contributed by atoms with E-state index in [1.54, 1.807) is 18.2 Å². The van der Waals surface area contributed by atoms with E-state index in [1.807, 2.05) is 6.08 Å². The largest absolute Gasteiger partial charge is 0.493 e. The maximum absolute atomic E-state index is 11.3. The van der Waals surface area contributed by atoms with Crippen molar-refractivity contribution in [2.24, 2.45) is 17.1 Å². The van der Waals surface area contributed by atoms with Crippen LogP contribution in [0.25, 0.3) is 0 Å². The SMILES string of the molecule is COc1cc(C2C3CCCC=C3C(C#N)=C(N)C2(C#N)C#N)ccc1OC(C)=O. The summed E-state index contributed by atoms with van der Waals surface area (Å²) in [6, 6.07) is 11.3. The lowest BCUT2D eigenvalue weighted by Crippen LogP contribution is -2.42. The number of ether oxygens (including phenoxy) is 2. The van der Waals surface area contributed by atoms with E-state index in [1.165, 1.54) is 14.0 Å². The van der Waals surface area contributed by atoms with Crippen LogP contribution in [0.15, 0.2) is 41.1 Å². The molecule has 0 saturated carbocycles. The standard InChI is InChI=1S/C22H20N4O3/c1-13(27)29-18-8-7-14(9-19(18)28-2)20-16-6-4-3-5-15(16)17(10-23)21(26)22(20,11-24)12-25/h5,7-9,16,20H,3-4,6,26H2,1-2H3. The molecular formula is C22H20N4O3. The minimum Gasteiger partial charge on any atom is -0.493 e. The number of nitrogens with zero attached hydrogens (tertiary/aromatic N) is 3. The van der Waals surface area contributed by atoms with Crippen molar-refractivity contribution in [3.63, 3.8) is 0 Å². The lowest BCUT2D eigenvalue weighted by atomic mass is 9.57. The van der Waals surface area contributed by atoms with Gasteiger partial charge < -0.3 is 15.2 Å². The molecule has 0 bridgehead atoms. The molecule has 0 spiro atoms. The number of carbonyl (C=O) groups is 1. The minimum absolute atomic E-state index is 0.0116. The lowest BCUT2D eigenvalue weighted by molar-refractivity contribution is -0.132. The lowest BCUT2D eigenvalue weighted by Gasteiger charge is -2.43. The minimum atomic E-state index is -1.68. The van der Waals surface area contributed by atoms with Crippen LogP contribution in [0.5, 0.6) is 11.5 Å².